The molecule has 1 aromatic rings. The molecule has 1 saturated heterocycles. The maximum atomic E-state index is 12.8. The summed E-state index contributed by atoms with van der Waals surface area (Å²) in [6.45, 7) is 9.55. The number of sulfonamides is 1. The molecule has 0 spiro atoms. The molecule has 1 fully saturated rings. The molecule has 0 aliphatic carbocycles. The van der Waals surface area contributed by atoms with E-state index in [2.05, 4.69) is 17.1 Å². The standard InChI is InChI=1S/C14H25N3O2S2/c1-3-6-16-7-9-17(10-8-16)21(18,19)14-5-11-20-13(14)12-15-4-2/h5,11,15H,3-4,6-10,12H2,1-2H3. The van der Waals surface area contributed by atoms with E-state index in [0.717, 1.165) is 37.5 Å². The summed E-state index contributed by atoms with van der Waals surface area (Å²) in [7, 11) is -3.34. The zero-order valence-corrected chi connectivity index (χ0v) is 14.5. The van der Waals surface area contributed by atoms with Gasteiger partial charge in [-0.1, -0.05) is 13.8 Å². The van der Waals surface area contributed by atoms with Gasteiger partial charge < -0.3 is 10.2 Å². The second-order valence-corrected chi connectivity index (χ2v) is 8.14. The fraction of sp³-hybridized carbons (Fsp3) is 0.714. The van der Waals surface area contributed by atoms with Gasteiger partial charge in [-0.2, -0.15) is 4.31 Å². The highest BCUT2D eigenvalue weighted by Crippen LogP contribution is 2.26. The molecule has 21 heavy (non-hydrogen) atoms. The predicted octanol–water partition coefficient (Wildman–Crippen LogP) is 1.57. The molecule has 1 aliphatic rings. The number of piperazine rings is 1. The van der Waals surface area contributed by atoms with Gasteiger partial charge in [0.2, 0.25) is 10.0 Å². The molecule has 0 bridgehead atoms. The van der Waals surface area contributed by atoms with Crippen molar-refractivity contribution >= 4 is 21.4 Å². The normalized spacial score (nSPS) is 18.2. The number of thiophene rings is 1. The molecular weight excluding hydrogens is 306 g/mol. The van der Waals surface area contributed by atoms with Crippen LogP contribution >= 0.6 is 11.3 Å². The summed E-state index contributed by atoms with van der Waals surface area (Å²) < 4.78 is 27.2. The molecule has 0 aromatic carbocycles. The van der Waals surface area contributed by atoms with Crippen LogP contribution < -0.4 is 5.32 Å². The van der Waals surface area contributed by atoms with E-state index < -0.39 is 10.0 Å². The Hall–Kier alpha value is -0.470. The average Bonchev–Trinajstić information content (AvgIpc) is 2.95. The van der Waals surface area contributed by atoms with Gasteiger partial charge in [0.25, 0.3) is 0 Å². The number of rotatable bonds is 7. The van der Waals surface area contributed by atoms with E-state index in [4.69, 9.17) is 0 Å². The van der Waals surface area contributed by atoms with Crippen LogP contribution in [-0.2, 0) is 16.6 Å². The second-order valence-electron chi connectivity index (χ2n) is 5.23. The van der Waals surface area contributed by atoms with Crippen LogP contribution in [0.25, 0.3) is 0 Å². The van der Waals surface area contributed by atoms with Gasteiger partial charge in [0.05, 0.1) is 4.90 Å². The third kappa shape index (κ3) is 4.04. The summed E-state index contributed by atoms with van der Waals surface area (Å²) in [5, 5.41) is 5.08. The Morgan fingerprint density at radius 2 is 1.95 bits per heavy atom. The minimum absolute atomic E-state index is 0.484. The molecule has 0 amide bonds. The van der Waals surface area contributed by atoms with E-state index in [9.17, 15) is 8.42 Å². The third-order valence-electron chi connectivity index (χ3n) is 3.73. The van der Waals surface area contributed by atoms with Gasteiger partial charge >= 0.3 is 0 Å². The van der Waals surface area contributed by atoms with Crippen molar-refractivity contribution < 1.29 is 8.42 Å². The van der Waals surface area contributed by atoms with E-state index in [1.807, 2.05) is 12.3 Å². The van der Waals surface area contributed by atoms with Crippen molar-refractivity contribution in [2.45, 2.75) is 31.7 Å². The lowest BCUT2D eigenvalue weighted by Crippen LogP contribution is -2.48. The fourth-order valence-electron chi connectivity index (χ4n) is 2.57. The van der Waals surface area contributed by atoms with E-state index in [-0.39, 0.29) is 0 Å². The Balaban J connectivity index is 2.07. The molecule has 0 atom stereocenters. The quantitative estimate of drug-likeness (QED) is 0.824. The maximum Gasteiger partial charge on any atom is 0.244 e. The van der Waals surface area contributed by atoms with E-state index in [1.165, 1.54) is 11.3 Å². The first-order chi connectivity index (χ1) is 10.1. The Bertz CT molecular complexity index is 534. The summed E-state index contributed by atoms with van der Waals surface area (Å²) in [5.74, 6) is 0. The Kier molecular flexibility index (Phi) is 6.19. The molecule has 0 saturated carbocycles. The van der Waals surface area contributed by atoms with Crippen LogP contribution in [0.15, 0.2) is 16.3 Å². The van der Waals surface area contributed by atoms with Gasteiger partial charge in [-0.25, -0.2) is 8.42 Å². The largest absolute Gasteiger partial charge is 0.312 e. The highest BCUT2D eigenvalue weighted by Gasteiger charge is 2.30. The summed E-state index contributed by atoms with van der Waals surface area (Å²) in [5.41, 5.74) is 0. The van der Waals surface area contributed by atoms with Crippen LogP contribution in [0.4, 0.5) is 0 Å². The van der Waals surface area contributed by atoms with Crippen molar-refractivity contribution in [2.24, 2.45) is 0 Å². The molecule has 5 nitrogen and oxygen atoms in total. The summed E-state index contributed by atoms with van der Waals surface area (Å²) in [6, 6.07) is 1.74. The molecule has 120 valence electrons. The van der Waals surface area contributed by atoms with Crippen LogP contribution in [0.5, 0.6) is 0 Å². The lowest BCUT2D eigenvalue weighted by molar-refractivity contribution is 0.188. The first-order valence-corrected chi connectivity index (χ1v) is 9.91. The Labute approximate surface area is 132 Å². The first-order valence-electron chi connectivity index (χ1n) is 7.59. The molecule has 1 aromatic heterocycles. The van der Waals surface area contributed by atoms with Crippen molar-refractivity contribution in [3.05, 3.63) is 16.3 Å². The Morgan fingerprint density at radius 1 is 1.24 bits per heavy atom. The topological polar surface area (TPSA) is 52.7 Å². The monoisotopic (exact) mass is 331 g/mol. The SMILES string of the molecule is CCCN1CCN(S(=O)(=O)c2ccsc2CNCC)CC1. The number of nitrogens with one attached hydrogen (secondary N) is 1. The highest BCUT2D eigenvalue weighted by atomic mass is 32.2. The van der Waals surface area contributed by atoms with Gasteiger partial charge in [-0.3, -0.25) is 0 Å². The second kappa shape index (κ2) is 7.69. The average molecular weight is 332 g/mol. The minimum atomic E-state index is -3.34. The minimum Gasteiger partial charge on any atom is -0.312 e. The van der Waals surface area contributed by atoms with Gasteiger partial charge in [-0.05, 0) is 31.0 Å². The van der Waals surface area contributed by atoms with Crippen LogP contribution in [0.3, 0.4) is 0 Å². The molecule has 2 heterocycles. The van der Waals surface area contributed by atoms with Crippen molar-refractivity contribution in [1.82, 2.24) is 14.5 Å². The molecule has 0 unspecified atom stereocenters. The zero-order valence-electron chi connectivity index (χ0n) is 12.8. The number of hydrogen-bond donors (Lipinski definition) is 1. The van der Waals surface area contributed by atoms with Gasteiger partial charge in [-0.15, -0.1) is 11.3 Å². The molecule has 2 rings (SSSR count). The molecule has 1 aliphatic heterocycles. The highest BCUT2D eigenvalue weighted by molar-refractivity contribution is 7.89. The number of hydrogen-bond acceptors (Lipinski definition) is 5. The molecule has 7 heteroatoms. The van der Waals surface area contributed by atoms with Crippen molar-refractivity contribution in [1.29, 1.82) is 0 Å². The maximum absolute atomic E-state index is 12.8. The zero-order chi connectivity index (χ0) is 15.3. The molecular formula is C14H25N3O2S2. The third-order valence-corrected chi connectivity index (χ3v) is 6.76. The Morgan fingerprint density at radius 3 is 2.57 bits per heavy atom. The van der Waals surface area contributed by atoms with E-state index in [1.54, 1.807) is 10.4 Å². The summed E-state index contributed by atoms with van der Waals surface area (Å²) >= 11 is 1.51. The molecule has 0 radical (unpaired) electrons. The van der Waals surface area contributed by atoms with Crippen LogP contribution in [-0.4, -0.2) is 56.9 Å². The fourth-order valence-corrected chi connectivity index (χ4v) is 5.38. The predicted molar refractivity (Wildman–Crippen MR) is 87.2 cm³/mol. The van der Waals surface area contributed by atoms with Gasteiger partial charge in [0.1, 0.15) is 0 Å². The molecule has 1 N–H and O–H groups in total. The van der Waals surface area contributed by atoms with Gasteiger partial charge in [0.15, 0.2) is 0 Å². The lowest BCUT2D eigenvalue weighted by atomic mass is 10.3. The summed E-state index contributed by atoms with van der Waals surface area (Å²) in [6.07, 6.45) is 1.12. The van der Waals surface area contributed by atoms with E-state index >= 15 is 0 Å². The first kappa shape index (κ1) is 16.9. The number of nitrogens with zero attached hydrogens (tertiary/aromatic N) is 2. The smallest absolute Gasteiger partial charge is 0.244 e. The van der Waals surface area contributed by atoms with Crippen molar-refractivity contribution in [2.75, 3.05) is 39.3 Å². The van der Waals surface area contributed by atoms with Crippen LogP contribution in [0, 0.1) is 0 Å². The lowest BCUT2D eigenvalue weighted by Gasteiger charge is -2.33. The van der Waals surface area contributed by atoms with Gasteiger partial charge in [0, 0.05) is 37.6 Å². The van der Waals surface area contributed by atoms with Crippen molar-refractivity contribution in [3.63, 3.8) is 0 Å². The van der Waals surface area contributed by atoms with Crippen LogP contribution in [0.2, 0.25) is 0 Å². The van der Waals surface area contributed by atoms with Crippen molar-refractivity contribution in [3.8, 4) is 0 Å². The van der Waals surface area contributed by atoms with E-state index in [0.29, 0.717) is 24.5 Å². The summed E-state index contributed by atoms with van der Waals surface area (Å²) in [4.78, 5) is 3.73. The van der Waals surface area contributed by atoms with Crippen LogP contribution in [0.1, 0.15) is 25.1 Å².